The third-order valence-corrected chi connectivity index (χ3v) is 5.68. The third-order valence-electron chi connectivity index (χ3n) is 5.68. The van der Waals surface area contributed by atoms with Crippen LogP contribution in [0.1, 0.15) is 70.8 Å². The summed E-state index contributed by atoms with van der Waals surface area (Å²) in [6.45, 7) is 5.89. The fourth-order valence-corrected chi connectivity index (χ4v) is 4.77. The predicted octanol–water partition coefficient (Wildman–Crippen LogP) is 5.06. The number of hydrogen-bond donors (Lipinski definition) is 1. The Labute approximate surface area is 130 Å². The summed E-state index contributed by atoms with van der Waals surface area (Å²) in [7, 11) is 0. The summed E-state index contributed by atoms with van der Waals surface area (Å²) in [5.74, 6) is 0. The molecule has 0 spiro atoms. The molecule has 2 aliphatic carbocycles. The van der Waals surface area contributed by atoms with Gasteiger partial charge < -0.3 is 5.32 Å². The van der Waals surface area contributed by atoms with Gasteiger partial charge in [0.25, 0.3) is 0 Å². The van der Waals surface area contributed by atoms with E-state index in [1.54, 1.807) is 5.56 Å². The van der Waals surface area contributed by atoms with E-state index in [4.69, 9.17) is 0 Å². The highest BCUT2D eigenvalue weighted by molar-refractivity contribution is 5.31. The van der Waals surface area contributed by atoms with Crippen molar-refractivity contribution >= 4 is 0 Å². The zero-order valence-electron chi connectivity index (χ0n) is 13.8. The molecule has 0 atom stereocenters. The zero-order valence-corrected chi connectivity index (χ0v) is 13.8. The minimum Gasteiger partial charge on any atom is -0.313 e. The Morgan fingerprint density at radius 2 is 1.62 bits per heavy atom. The zero-order chi connectivity index (χ0) is 14.8. The van der Waals surface area contributed by atoms with Gasteiger partial charge >= 0.3 is 0 Å². The summed E-state index contributed by atoms with van der Waals surface area (Å²) in [6, 6.07) is 12.1. The van der Waals surface area contributed by atoms with E-state index in [1.807, 2.05) is 0 Å². The lowest BCUT2D eigenvalue weighted by Gasteiger charge is -2.58. The molecule has 1 N–H and O–H groups in total. The first-order chi connectivity index (χ1) is 10.2. The van der Waals surface area contributed by atoms with Gasteiger partial charge in [0.05, 0.1) is 0 Å². The normalized spacial score (nSPS) is 22.8. The van der Waals surface area contributed by atoms with Gasteiger partial charge in [-0.25, -0.2) is 0 Å². The van der Waals surface area contributed by atoms with Crippen LogP contribution in [0.3, 0.4) is 0 Å². The van der Waals surface area contributed by atoms with Crippen LogP contribution in [0.15, 0.2) is 30.3 Å². The molecule has 3 rings (SSSR count). The van der Waals surface area contributed by atoms with Gasteiger partial charge in [-0.05, 0) is 49.5 Å². The average Bonchev–Trinajstić information content (AvgIpc) is 3.28. The minimum absolute atomic E-state index is 0.411. The van der Waals surface area contributed by atoms with Crippen molar-refractivity contribution in [3.8, 4) is 0 Å². The first-order valence-corrected chi connectivity index (χ1v) is 9.01. The van der Waals surface area contributed by atoms with E-state index in [9.17, 15) is 0 Å². The van der Waals surface area contributed by atoms with E-state index in [-0.39, 0.29) is 0 Å². The van der Waals surface area contributed by atoms with Crippen LogP contribution >= 0.6 is 0 Å². The van der Waals surface area contributed by atoms with Crippen LogP contribution in [0.25, 0.3) is 0 Å². The predicted molar refractivity (Wildman–Crippen MR) is 90.6 cm³/mol. The number of hydrogen-bond acceptors (Lipinski definition) is 1. The maximum atomic E-state index is 3.82. The van der Waals surface area contributed by atoms with E-state index in [0.29, 0.717) is 10.8 Å². The maximum Gasteiger partial charge on any atom is 0.00884 e. The molecule has 1 aromatic rings. The Morgan fingerprint density at radius 1 is 1.00 bits per heavy atom. The summed E-state index contributed by atoms with van der Waals surface area (Å²) >= 11 is 0. The highest BCUT2D eigenvalue weighted by Crippen LogP contribution is 2.60. The second-order valence-corrected chi connectivity index (χ2v) is 7.66. The fraction of sp³-hybridized carbons (Fsp3) is 0.700. The molecule has 2 fully saturated rings. The monoisotopic (exact) mass is 285 g/mol. The van der Waals surface area contributed by atoms with Gasteiger partial charge in [-0.3, -0.25) is 0 Å². The molecule has 0 heterocycles. The van der Waals surface area contributed by atoms with Crippen molar-refractivity contribution in [3.05, 3.63) is 35.9 Å². The van der Waals surface area contributed by atoms with Crippen molar-refractivity contribution < 1.29 is 0 Å². The lowest BCUT2D eigenvalue weighted by Crippen LogP contribution is -2.55. The molecular formula is C20H31N. The molecule has 0 saturated heterocycles. The number of nitrogens with one attached hydrogen (secondary N) is 1. The Morgan fingerprint density at radius 3 is 2.14 bits per heavy atom. The molecule has 0 radical (unpaired) electrons. The highest BCUT2D eigenvalue weighted by Gasteiger charge is 2.53. The molecule has 0 aromatic heterocycles. The molecule has 0 aliphatic heterocycles. The Hall–Kier alpha value is -0.820. The van der Waals surface area contributed by atoms with Crippen LogP contribution < -0.4 is 5.32 Å². The van der Waals surface area contributed by atoms with E-state index >= 15 is 0 Å². The Bertz CT molecular complexity index is 432. The lowest BCUT2D eigenvalue weighted by molar-refractivity contribution is 0.00264. The summed E-state index contributed by atoms with van der Waals surface area (Å²) in [4.78, 5) is 0. The molecule has 21 heavy (non-hydrogen) atoms. The van der Waals surface area contributed by atoms with Crippen molar-refractivity contribution in [2.45, 2.75) is 76.7 Å². The van der Waals surface area contributed by atoms with E-state index in [0.717, 1.165) is 6.04 Å². The van der Waals surface area contributed by atoms with Crippen molar-refractivity contribution in [2.75, 3.05) is 6.54 Å². The summed E-state index contributed by atoms with van der Waals surface area (Å²) in [5.41, 5.74) is 2.61. The molecule has 1 nitrogen and oxygen atoms in total. The first kappa shape index (κ1) is 15.1. The van der Waals surface area contributed by atoms with Crippen molar-refractivity contribution in [1.82, 2.24) is 5.32 Å². The van der Waals surface area contributed by atoms with Crippen LogP contribution in [0.5, 0.6) is 0 Å². The average molecular weight is 285 g/mol. The fourth-order valence-electron chi connectivity index (χ4n) is 4.77. The van der Waals surface area contributed by atoms with Gasteiger partial charge in [0, 0.05) is 18.0 Å². The van der Waals surface area contributed by atoms with Crippen molar-refractivity contribution in [3.63, 3.8) is 0 Å². The third kappa shape index (κ3) is 3.18. The van der Waals surface area contributed by atoms with Gasteiger partial charge in [-0.2, -0.15) is 0 Å². The standard InChI is InChI=1S/C20H31N/c1-3-12-19(13-4-2)14-20(15-19,16-21-18-10-11-18)17-8-6-5-7-9-17/h5-9,18,21H,3-4,10-16H2,1-2H3. The van der Waals surface area contributed by atoms with Crippen LogP contribution in [-0.2, 0) is 5.41 Å². The second kappa shape index (κ2) is 6.12. The van der Waals surface area contributed by atoms with E-state index < -0.39 is 0 Å². The summed E-state index contributed by atoms with van der Waals surface area (Å²) in [5, 5.41) is 3.82. The van der Waals surface area contributed by atoms with Crippen molar-refractivity contribution in [1.29, 1.82) is 0 Å². The molecular weight excluding hydrogens is 254 g/mol. The summed E-state index contributed by atoms with van der Waals surface area (Å²) in [6.07, 6.45) is 11.1. The Balaban J connectivity index is 1.75. The highest BCUT2D eigenvalue weighted by atomic mass is 15.0. The van der Waals surface area contributed by atoms with E-state index in [1.165, 1.54) is 57.9 Å². The van der Waals surface area contributed by atoms with Crippen LogP contribution in [0.4, 0.5) is 0 Å². The molecule has 0 amide bonds. The number of benzene rings is 1. The van der Waals surface area contributed by atoms with Crippen LogP contribution in [-0.4, -0.2) is 12.6 Å². The molecule has 2 saturated carbocycles. The first-order valence-electron chi connectivity index (χ1n) is 9.01. The van der Waals surface area contributed by atoms with Crippen molar-refractivity contribution in [2.24, 2.45) is 5.41 Å². The molecule has 1 heteroatoms. The number of rotatable bonds is 8. The van der Waals surface area contributed by atoms with Gasteiger partial charge in [0.15, 0.2) is 0 Å². The van der Waals surface area contributed by atoms with Crippen LogP contribution in [0.2, 0.25) is 0 Å². The largest absolute Gasteiger partial charge is 0.313 e. The van der Waals surface area contributed by atoms with Gasteiger partial charge in [-0.15, -0.1) is 0 Å². The van der Waals surface area contributed by atoms with E-state index in [2.05, 4.69) is 49.5 Å². The quantitative estimate of drug-likeness (QED) is 0.704. The SMILES string of the molecule is CCCC1(CCC)CC(CNC2CC2)(c2ccccc2)C1. The smallest absolute Gasteiger partial charge is 0.00884 e. The lowest BCUT2D eigenvalue weighted by atomic mass is 9.48. The molecule has 0 unspecified atom stereocenters. The molecule has 0 bridgehead atoms. The minimum atomic E-state index is 0.411. The topological polar surface area (TPSA) is 12.0 Å². The van der Waals surface area contributed by atoms with Gasteiger partial charge in [0.1, 0.15) is 0 Å². The molecule has 1 aromatic carbocycles. The maximum absolute atomic E-state index is 3.82. The Kier molecular flexibility index (Phi) is 4.40. The molecule has 116 valence electrons. The van der Waals surface area contributed by atoms with Gasteiger partial charge in [0.2, 0.25) is 0 Å². The summed E-state index contributed by atoms with van der Waals surface area (Å²) < 4.78 is 0. The molecule has 2 aliphatic rings. The van der Waals surface area contributed by atoms with Gasteiger partial charge in [-0.1, -0.05) is 57.0 Å². The van der Waals surface area contributed by atoms with Crippen LogP contribution in [0, 0.1) is 5.41 Å². The second-order valence-electron chi connectivity index (χ2n) is 7.66.